The van der Waals surface area contributed by atoms with Crippen LogP contribution < -0.4 is 15.4 Å². The number of hydrogen-bond donors (Lipinski definition) is 3. The van der Waals surface area contributed by atoms with E-state index in [4.69, 9.17) is 10.8 Å². The Labute approximate surface area is 113 Å². The van der Waals surface area contributed by atoms with Gasteiger partial charge in [-0.25, -0.2) is 13.1 Å². The first-order chi connectivity index (χ1) is 8.97. The van der Waals surface area contributed by atoms with E-state index in [1.165, 1.54) is 13.1 Å². The van der Waals surface area contributed by atoms with Crippen molar-refractivity contribution in [1.29, 1.82) is 0 Å². The highest BCUT2D eigenvalue weighted by atomic mass is 32.2. The van der Waals surface area contributed by atoms with Gasteiger partial charge in [0.15, 0.2) is 0 Å². The number of nitrogens with one attached hydrogen (secondary N) is 1. The van der Waals surface area contributed by atoms with Crippen molar-refractivity contribution in [2.75, 3.05) is 37.4 Å². The molecule has 1 aromatic carbocycles. The third kappa shape index (κ3) is 2.83. The van der Waals surface area contributed by atoms with Gasteiger partial charge in [-0.3, -0.25) is 0 Å². The number of benzene rings is 1. The Kier molecular flexibility index (Phi) is 3.98. The van der Waals surface area contributed by atoms with Gasteiger partial charge in [-0.2, -0.15) is 0 Å². The van der Waals surface area contributed by atoms with E-state index in [0.29, 0.717) is 5.69 Å². The van der Waals surface area contributed by atoms with Crippen molar-refractivity contribution in [2.45, 2.75) is 11.3 Å². The predicted molar refractivity (Wildman–Crippen MR) is 74.5 cm³/mol. The Bertz CT molecular complexity index is 559. The molecule has 1 saturated heterocycles. The summed E-state index contributed by atoms with van der Waals surface area (Å²) in [4.78, 5) is 2.24. The monoisotopic (exact) mass is 285 g/mol. The van der Waals surface area contributed by atoms with E-state index in [9.17, 15) is 8.42 Å². The SMILES string of the molecule is CNS(=O)(=O)c1ccc(N2CCC(CO)C2)c(N)c1. The third-order valence-corrected chi connectivity index (χ3v) is 4.87. The minimum Gasteiger partial charge on any atom is -0.397 e. The topological polar surface area (TPSA) is 95.7 Å². The maximum Gasteiger partial charge on any atom is 0.240 e. The summed E-state index contributed by atoms with van der Waals surface area (Å²) in [6.45, 7) is 1.75. The van der Waals surface area contributed by atoms with Crippen molar-refractivity contribution in [3.05, 3.63) is 18.2 Å². The summed E-state index contributed by atoms with van der Waals surface area (Å²) in [5.74, 6) is 0.264. The molecule has 0 saturated carbocycles. The van der Waals surface area contributed by atoms with Crippen LogP contribution in [0, 0.1) is 5.92 Å². The Hall–Kier alpha value is -1.31. The second kappa shape index (κ2) is 5.36. The highest BCUT2D eigenvalue weighted by molar-refractivity contribution is 7.89. The summed E-state index contributed by atoms with van der Waals surface area (Å²) in [6.07, 6.45) is 0.923. The molecule has 2 rings (SSSR count). The highest BCUT2D eigenvalue weighted by Crippen LogP contribution is 2.30. The zero-order valence-electron chi connectivity index (χ0n) is 10.8. The third-order valence-electron chi connectivity index (χ3n) is 3.46. The summed E-state index contributed by atoms with van der Waals surface area (Å²) in [5, 5.41) is 9.14. The van der Waals surface area contributed by atoms with Crippen LogP contribution >= 0.6 is 0 Å². The second-order valence-electron chi connectivity index (χ2n) is 4.71. The van der Waals surface area contributed by atoms with E-state index >= 15 is 0 Å². The van der Waals surface area contributed by atoms with Crippen LogP contribution in [0.2, 0.25) is 0 Å². The fraction of sp³-hybridized carbons (Fsp3) is 0.500. The summed E-state index contributed by atoms with van der Waals surface area (Å²) < 4.78 is 25.6. The molecule has 0 amide bonds. The standard InChI is InChI=1S/C12H19N3O3S/c1-14-19(17,18)10-2-3-12(11(13)6-10)15-5-4-9(7-15)8-16/h2-3,6,9,14,16H,4-5,7-8,13H2,1H3. The lowest BCUT2D eigenvalue weighted by atomic mass is 10.1. The molecule has 1 heterocycles. The average molecular weight is 285 g/mol. The van der Waals surface area contributed by atoms with Gasteiger partial charge in [0, 0.05) is 25.6 Å². The number of hydrogen-bond acceptors (Lipinski definition) is 5. The zero-order chi connectivity index (χ0) is 14.0. The van der Waals surface area contributed by atoms with Crippen molar-refractivity contribution in [3.63, 3.8) is 0 Å². The maximum absolute atomic E-state index is 11.7. The van der Waals surface area contributed by atoms with Crippen molar-refractivity contribution in [3.8, 4) is 0 Å². The fourth-order valence-corrected chi connectivity index (χ4v) is 3.07. The number of aliphatic hydroxyl groups excluding tert-OH is 1. The van der Waals surface area contributed by atoms with Crippen molar-refractivity contribution >= 4 is 21.4 Å². The van der Waals surface area contributed by atoms with Crippen molar-refractivity contribution < 1.29 is 13.5 Å². The zero-order valence-corrected chi connectivity index (χ0v) is 11.7. The van der Waals surface area contributed by atoms with Crippen molar-refractivity contribution in [2.24, 2.45) is 5.92 Å². The molecule has 19 heavy (non-hydrogen) atoms. The van der Waals surface area contributed by atoms with Crippen LogP contribution in [0.1, 0.15) is 6.42 Å². The van der Waals surface area contributed by atoms with Crippen LogP contribution in [0.25, 0.3) is 0 Å². The number of nitrogens with zero attached hydrogens (tertiary/aromatic N) is 1. The van der Waals surface area contributed by atoms with E-state index in [0.717, 1.165) is 25.2 Å². The Morgan fingerprint density at radius 2 is 2.26 bits per heavy atom. The number of nitrogens with two attached hydrogens (primary N) is 1. The summed E-state index contributed by atoms with van der Waals surface area (Å²) in [6, 6.07) is 4.73. The van der Waals surface area contributed by atoms with Gasteiger partial charge in [0.2, 0.25) is 10.0 Å². The molecule has 1 fully saturated rings. The first kappa shape index (κ1) is 14.1. The Morgan fingerprint density at radius 1 is 1.53 bits per heavy atom. The van der Waals surface area contributed by atoms with Crippen LogP contribution in [0.15, 0.2) is 23.1 Å². The smallest absolute Gasteiger partial charge is 0.240 e. The molecule has 1 atom stereocenters. The molecule has 0 bridgehead atoms. The number of nitrogen functional groups attached to an aromatic ring is 1. The van der Waals surface area contributed by atoms with Gasteiger partial charge in [0.05, 0.1) is 16.3 Å². The van der Waals surface area contributed by atoms with Gasteiger partial charge < -0.3 is 15.7 Å². The fourth-order valence-electron chi connectivity index (χ4n) is 2.31. The Balaban J connectivity index is 2.26. The Morgan fingerprint density at radius 3 is 2.79 bits per heavy atom. The van der Waals surface area contributed by atoms with Gasteiger partial charge in [0.1, 0.15) is 0 Å². The van der Waals surface area contributed by atoms with E-state index in [2.05, 4.69) is 9.62 Å². The average Bonchev–Trinajstić information content (AvgIpc) is 2.87. The minimum atomic E-state index is -3.46. The molecule has 1 unspecified atom stereocenters. The molecule has 4 N–H and O–H groups in total. The lowest BCUT2D eigenvalue weighted by Gasteiger charge is -2.21. The lowest BCUT2D eigenvalue weighted by Crippen LogP contribution is -2.23. The number of aliphatic hydroxyl groups is 1. The van der Waals surface area contributed by atoms with Gasteiger partial charge in [-0.15, -0.1) is 0 Å². The van der Waals surface area contributed by atoms with E-state index < -0.39 is 10.0 Å². The van der Waals surface area contributed by atoms with E-state index in [-0.39, 0.29) is 17.4 Å². The van der Waals surface area contributed by atoms with Crippen LogP contribution in [0.5, 0.6) is 0 Å². The first-order valence-electron chi connectivity index (χ1n) is 6.17. The molecule has 0 aromatic heterocycles. The summed E-state index contributed by atoms with van der Waals surface area (Å²) in [5.41, 5.74) is 7.21. The highest BCUT2D eigenvalue weighted by Gasteiger charge is 2.24. The lowest BCUT2D eigenvalue weighted by molar-refractivity contribution is 0.238. The number of rotatable bonds is 4. The van der Waals surface area contributed by atoms with Gasteiger partial charge in [-0.05, 0) is 31.7 Å². The maximum atomic E-state index is 11.7. The van der Waals surface area contributed by atoms with Crippen LogP contribution in [-0.2, 0) is 10.0 Å². The van der Waals surface area contributed by atoms with Crippen LogP contribution in [-0.4, -0.2) is 40.3 Å². The summed E-state index contributed by atoms with van der Waals surface area (Å²) >= 11 is 0. The number of sulfonamides is 1. The molecule has 1 aliphatic heterocycles. The molecular formula is C12H19N3O3S. The molecule has 106 valence electrons. The summed E-state index contributed by atoms with van der Waals surface area (Å²) in [7, 11) is -2.10. The molecule has 0 radical (unpaired) electrons. The van der Waals surface area contributed by atoms with Gasteiger partial charge >= 0.3 is 0 Å². The molecule has 1 aliphatic rings. The van der Waals surface area contributed by atoms with Gasteiger partial charge in [0.25, 0.3) is 0 Å². The van der Waals surface area contributed by atoms with E-state index in [1.807, 2.05) is 0 Å². The van der Waals surface area contributed by atoms with Crippen LogP contribution in [0.3, 0.4) is 0 Å². The quantitative estimate of drug-likeness (QED) is 0.677. The molecule has 7 heteroatoms. The molecule has 1 aromatic rings. The van der Waals surface area contributed by atoms with Gasteiger partial charge in [-0.1, -0.05) is 0 Å². The molecular weight excluding hydrogens is 266 g/mol. The first-order valence-corrected chi connectivity index (χ1v) is 7.65. The number of anilines is 2. The molecule has 0 spiro atoms. The predicted octanol–water partition coefficient (Wildman–Crippen LogP) is -0.00450. The molecule has 0 aliphatic carbocycles. The van der Waals surface area contributed by atoms with E-state index in [1.54, 1.807) is 12.1 Å². The second-order valence-corrected chi connectivity index (χ2v) is 6.60. The van der Waals surface area contributed by atoms with Crippen LogP contribution in [0.4, 0.5) is 11.4 Å². The molecule has 6 nitrogen and oxygen atoms in total. The van der Waals surface area contributed by atoms with Crippen molar-refractivity contribution in [1.82, 2.24) is 4.72 Å². The minimum absolute atomic E-state index is 0.161. The normalized spacial score (nSPS) is 19.9. The largest absolute Gasteiger partial charge is 0.397 e.